The number of carboxylic acids is 1. The topological polar surface area (TPSA) is 88.8 Å². The van der Waals surface area contributed by atoms with E-state index in [1.54, 1.807) is 12.1 Å². The highest BCUT2D eigenvalue weighted by molar-refractivity contribution is 6.02. The lowest BCUT2D eigenvalue weighted by atomic mass is 10.2. The predicted molar refractivity (Wildman–Crippen MR) is 76.0 cm³/mol. The van der Waals surface area contributed by atoms with E-state index >= 15 is 0 Å². The number of methoxy groups -OCH3 is 1. The smallest absolute Gasteiger partial charge is 0.339 e. The maximum atomic E-state index is 12.0. The Morgan fingerprint density at radius 1 is 1.29 bits per heavy atom. The molecule has 2 aromatic rings. The molecule has 0 radical (unpaired) electrons. The maximum absolute atomic E-state index is 12.0. The molecule has 1 amide bonds. The van der Waals surface area contributed by atoms with Crippen LogP contribution < -0.4 is 10.1 Å². The van der Waals surface area contributed by atoms with Crippen molar-refractivity contribution in [2.24, 2.45) is 0 Å². The molecule has 0 fully saturated rings. The van der Waals surface area contributed by atoms with Crippen LogP contribution in [0.3, 0.4) is 0 Å². The van der Waals surface area contributed by atoms with Crippen molar-refractivity contribution in [1.82, 2.24) is 0 Å². The molecule has 0 saturated heterocycles. The molecule has 0 aliphatic carbocycles. The summed E-state index contributed by atoms with van der Waals surface area (Å²) in [6.45, 7) is 1.93. The molecule has 0 aliphatic heterocycles. The molecular weight excluding hydrogens is 274 g/mol. The summed E-state index contributed by atoms with van der Waals surface area (Å²) < 4.78 is 10.3. The minimum absolute atomic E-state index is 0.0294. The van der Waals surface area contributed by atoms with Crippen molar-refractivity contribution in [3.8, 4) is 5.75 Å². The molecule has 1 heterocycles. The Balaban J connectivity index is 2.19. The summed E-state index contributed by atoms with van der Waals surface area (Å²) in [7, 11) is 1.37. The lowest BCUT2D eigenvalue weighted by Crippen LogP contribution is -2.11. The first-order chi connectivity index (χ1) is 10.0. The molecule has 21 heavy (non-hydrogen) atoms. The first-order valence-electron chi connectivity index (χ1n) is 6.36. The second-order valence-corrected chi connectivity index (χ2v) is 4.29. The van der Waals surface area contributed by atoms with Gasteiger partial charge in [-0.05, 0) is 24.3 Å². The van der Waals surface area contributed by atoms with Crippen LogP contribution in [0, 0.1) is 0 Å². The van der Waals surface area contributed by atoms with Crippen LogP contribution in [0.5, 0.6) is 5.75 Å². The third kappa shape index (κ3) is 3.22. The van der Waals surface area contributed by atoms with Gasteiger partial charge >= 0.3 is 5.97 Å². The van der Waals surface area contributed by atoms with Crippen molar-refractivity contribution < 1.29 is 23.8 Å². The van der Waals surface area contributed by atoms with Gasteiger partial charge in [-0.15, -0.1) is 0 Å². The second-order valence-electron chi connectivity index (χ2n) is 4.29. The Hall–Kier alpha value is -2.76. The standard InChI is InChI=1S/C15H15NO5/c1-3-10-5-7-12(21-10)14(17)16-9-4-6-11(15(18)19)13(8-9)20-2/h4-8H,3H2,1-2H3,(H,16,17)(H,18,19). The van der Waals surface area contributed by atoms with Gasteiger partial charge in [-0.2, -0.15) is 0 Å². The summed E-state index contributed by atoms with van der Waals surface area (Å²) in [5.41, 5.74) is 0.457. The molecule has 0 spiro atoms. The number of hydrogen-bond acceptors (Lipinski definition) is 4. The summed E-state index contributed by atoms with van der Waals surface area (Å²) in [5, 5.41) is 11.6. The Morgan fingerprint density at radius 2 is 2.05 bits per heavy atom. The van der Waals surface area contributed by atoms with E-state index in [9.17, 15) is 9.59 Å². The zero-order chi connectivity index (χ0) is 15.4. The van der Waals surface area contributed by atoms with Gasteiger partial charge in [-0.3, -0.25) is 4.79 Å². The summed E-state index contributed by atoms with van der Waals surface area (Å²) >= 11 is 0. The van der Waals surface area contributed by atoms with Crippen LogP contribution >= 0.6 is 0 Å². The second kappa shape index (κ2) is 6.13. The summed E-state index contributed by atoms with van der Waals surface area (Å²) in [5.74, 6) is -0.399. The molecule has 0 aliphatic rings. The zero-order valence-electron chi connectivity index (χ0n) is 11.7. The number of aromatic carboxylic acids is 1. The number of benzene rings is 1. The van der Waals surface area contributed by atoms with E-state index in [1.807, 2.05) is 6.92 Å². The zero-order valence-corrected chi connectivity index (χ0v) is 11.7. The highest BCUT2D eigenvalue weighted by atomic mass is 16.5. The normalized spacial score (nSPS) is 10.2. The lowest BCUT2D eigenvalue weighted by Gasteiger charge is -2.08. The van der Waals surface area contributed by atoms with E-state index in [2.05, 4.69) is 5.32 Å². The number of carbonyl (C=O) groups excluding carboxylic acids is 1. The van der Waals surface area contributed by atoms with Gasteiger partial charge < -0.3 is 19.6 Å². The van der Waals surface area contributed by atoms with Crippen LogP contribution in [0.25, 0.3) is 0 Å². The largest absolute Gasteiger partial charge is 0.496 e. The maximum Gasteiger partial charge on any atom is 0.339 e. The fourth-order valence-corrected chi connectivity index (χ4v) is 1.83. The van der Waals surface area contributed by atoms with Crippen molar-refractivity contribution in [1.29, 1.82) is 0 Å². The highest BCUT2D eigenvalue weighted by Gasteiger charge is 2.14. The molecular formula is C15H15NO5. The number of ether oxygens (including phenoxy) is 1. The molecule has 0 unspecified atom stereocenters. The fourth-order valence-electron chi connectivity index (χ4n) is 1.83. The van der Waals surface area contributed by atoms with E-state index in [-0.39, 0.29) is 17.1 Å². The fraction of sp³-hybridized carbons (Fsp3) is 0.200. The first kappa shape index (κ1) is 14.6. The lowest BCUT2D eigenvalue weighted by molar-refractivity contribution is 0.0693. The monoisotopic (exact) mass is 289 g/mol. The van der Waals surface area contributed by atoms with Gasteiger partial charge in [0.05, 0.1) is 7.11 Å². The van der Waals surface area contributed by atoms with E-state index < -0.39 is 11.9 Å². The molecule has 2 rings (SSSR count). The van der Waals surface area contributed by atoms with Gasteiger partial charge in [-0.1, -0.05) is 6.92 Å². The molecule has 1 aromatic heterocycles. The highest BCUT2D eigenvalue weighted by Crippen LogP contribution is 2.23. The van der Waals surface area contributed by atoms with Gasteiger partial charge in [0, 0.05) is 18.2 Å². The minimum Gasteiger partial charge on any atom is -0.496 e. The van der Waals surface area contributed by atoms with Gasteiger partial charge in [-0.25, -0.2) is 4.79 Å². The Bertz CT molecular complexity index is 674. The molecule has 110 valence electrons. The minimum atomic E-state index is -1.09. The summed E-state index contributed by atoms with van der Waals surface area (Å²) in [4.78, 5) is 23.0. The molecule has 1 aromatic carbocycles. The van der Waals surface area contributed by atoms with Gasteiger partial charge in [0.2, 0.25) is 0 Å². The third-order valence-electron chi connectivity index (χ3n) is 2.92. The molecule has 6 heteroatoms. The van der Waals surface area contributed by atoms with Crippen molar-refractivity contribution in [2.75, 3.05) is 12.4 Å². The first-order valence-corrected chi connectivity index (χ1v) is 6.36. The average Bonchev–Trinajstić information content (AvgIpc) is 2.95. The van der Waals surface area contributed by atoms with Gasteiger partial charge in [0.15, 0.2) is 5.76 Å². The number of furan rings is 1. The van der Waals surface area contributed by atoms with Gasteiger partial charge in [0.25, 0.3) is 5.91 Å². The van der Waals surface area contributed by atoms with E-state index in [4.69, 9.17) is 14.3 Å². The van der Waals surface area contributed by atoms with Crippen LogP contribution in [0.1, 0.15) is 33.6 Å². The van der Waals surface area contributed by atoms with Crippen molar-refractivity contribution in [3.05, 3.63) is 47.4 Å². The van der Waals surface area contributed by atoms with Crippen LogP contribution in [-0.4, -0.2) is 24.1 Å². The number of nitrogens with one attached hydrogen (secondary N) is 1. The number of anilines is 1. The van der Waals surface area contributed by atoms with Crippen molar-refractivity contribution in [3.63, 3.8) is 0 Å². The SMILES string of the molecule is CCc1ccc(C(=O)Nc2ccc(C(=O)O)c(OC)c2)o1. The number of rotatable bonds is 5. The predicted octanol–water partition coefficient (Wildman–Crippen LogP) is 2.80. The van der Waals surface area contributed by atoms with E-state index in [0.717, 1.165) is 5.76 Å². The average molecular weight is 289 g/mol. The van der Waals surface area contributed by atoms with Crippen LogP contribution in [0.4, 0.5) is 5.69 Å². The Morgan fingerprint density at radius 3 is 2.62 bits per heavy atom. The molecule has 0 atom stereocenters. The number of hydrogen-bond donors (Lipinski definition) is 2. The van der Waals surface area contributed by atoms with E-state index in [1.165, 1.54) is 25.3 Å². The number of amides is 1. The van der Waals surface area contributed by atoms with Crippen molar-refractivity contribution >= 4 is 17.6 Å². The van der Waals surface area contributed by atoms with Crippen molar-refractivity contribution in [2.45, 2.75) is 13.3 Å². The molecule has 6 nitrogen and oxygen atoms in total. The molecule has 2 N–H and O–H groups in total. The number of aryl methyl sites for hydroxylation is 1. The van der Waals surface area contributed by atoms with Crippen LogP contribution in [0.15, 0.2) is 34.7 Å². The Kier molecular flexibility index (Phi) is 4.27. The summed E-state index contributed by atoms with van der Waals surface area (Å²) in [6.07, 6.45) is 0.703. The van der Waals surface area contributed by atoms with Crippen LogP contribution in [0.2, 0.25) is 0 Å². The number of carboxylic acid groups (broad SMARTS) is 1. The van der Waals surface area contributed by atoms with Gasteiger partial charge in [0.1, 0.15) is 17.1 Å². The van der Waals surface area contributed by atoms with E-state index in [0.29, 0.717) is 12.1 Å². The Labute approximate surface area is 121 Å². The molecule has 0 saturated carbocycles. The number of carbonyl (C=O) groups is 2. The summed E-state index contributed by atoms with van der Waals surface area (Å²) in [6, 6.07) is 7.65. The van der Waals surface area contributed by atoms with Crippen LogP contribution in [-0.2, 0) is 6.42 Å². The molecule has 0 bridgehead atoms. The quantitative estimate of drug-likeness (QED) is 0.883. The third-order valence-corrected chi connectivity index (χ3v) is 2.92.